The largest absolute Gasteiger partial charge is 0.308 e. The number of halogens is 2. The summed E-state index contributed by atoms with van der Waals surface area (Å²) in [5.41, 5.74) is 0. The van der Waals surface area contributed by atoms with Gasteiger partial charge in [0.2, 0.25) is 10.0 Å². The highest BCUT2D eigenvalue weighted by Gasteiger charge is 2.35. The number of likely N-dealkylation sites (N-methyl/N-ethyl adjacent to an activating group) is 1. The van der Waals surface area contributed by atoms with Crippen molar-refractivity contribution < 1.29 is 17.2 Å². The van der Waals surface area contributed by atoms with Crippen LogP contribution in [0.15, 0.2) is 23.1 Å². The zero-order valence-corrected chi connectivity index (χ0v) is 12.3. The van der Waals surface area contributed by atoms with Gasteiger partial charge in [-0.3, -0.25) is 0 Å². The van der Waals surface area contributed by atoms with Gasteiger partial charge in [-0.2, -0.15) is 4.31 Å². The minimum absolute atomic E-state index is 0.152. The quantitative estimate of drug-likeness (QED) is 0.850. The number of hydrogen-bond acceptors (Lipinski definition) is 3. The van der Waals surface area contributed by atoms with Gasteiger partial charge < -0.3 is 4.90 Å². The molecule has 2 rings (SSSR count). The van der Waals surface area contributed by atoms with Crippen molar-refractivity contribution in [2.45, 2.75) is 23.8 Å². The van der Waals surface area contributed by atoms with Gasteiger partial charge in [-0.15, -0.1) is 0 Å². The average Bonchev–Trinajstić information content (AvgIpc) is 2.75. The predicted molar refractivity (Wildman–Crippen MR) is 71.8 cm³/mol. The number of hydrogen-bond donors (Lipinski definition) is 0. The molecule has 1 heterocycles. The van der Waals surface area contributed by atoms with E-state index in [2.05, 4.69) is 0 Å². The Morgan fingerprint density at radius 3 is 2.40 bits per heavy atom. The standard InChI is InChI=1S/C13H18F2N2O2S/c1-16(2)9-12-4-3-5-17(12)20(18,19)13-7-10(14)6-11(15)8-13/h6-8,12H,3-5,9H2,1-2H3/t12-/m0/s1. The molecule has 0 radical (unpaired) electrons. The highest BCUT2D eigenvalue weighted by atomic mass is 32.2. The third-order valence-electron chi connectivity index (χ3n) is 3.34. The Hall–Kier alpha value is -1.05. The van der Waals surface area contributed by atoms with Crippen LogP contribution in [0.5, 0.6) is 0 Å². The molecule has 20 heavy (non-hydrogen) atoms. The third-order valence-corrected chi connectivity index (χ3v) is 5.27. The Labute approximate surface area is 118 Å². The first kappa shape index (κ1) is 15.3. The molecule has 112 valence electrons. The van der Waals surface area contributed by atoms with E-state index in [9.17, 15) is 17.2 Å². The molecule has 0 unspecified atom stereocenters. The molecule has 1 atom stereocenters. The molecule has 1 aliphatic heterocycles. The lowest BCUT2D eigenvalue weighted by Crippen LogP contribution is -2.41. The second-order valence-electron chi connectivity index (χ2n) is 5.28. The van der Waals surface area contributed by atoms with E-state index in [1.54, 1.807) is 0 Å². The second-order valence-corrected chi connectivity index (χ2v) is 7.17. The van der Waals surface area contributed by atoms with Crippen LogP contribution < -0.4 is 0 Å². The van der Waals surface area contributed by atoms with Crippen LogP contribution in [0.4, 0.5) is 8.78 Å². The summed E-state index contributed by atoms with van der Waals surface area (Å²) in [6, 6.07) is 2.24. The lowest BCUT2D eigenvalue weighted by Gasteiger charge is -2.26. The van der Waals surface area contributed by atoms with E-state index in [-0.39, 0.29) is 10.9 Å². The second kappa shape index (κ2) is 5.75. The molecular formula is C13H18F2N2O2S. The predicted octanol–water partition coefficient (Wildman–Crippen LogP) is 1.68. The Morgan fingerprint density at radius 2 is 1.85 bits per heavy atom. The van der Waals surface area contributed by atoms with Gasteiger partial charge in [-0.1, -0.05) is 0 Å². The van der Waals surface area contributed by atoms with Crippen molar-refractivity contribution in [2.24, 2.45) is 0 Å². The van der Waals surface area contributed by atoms with Crippen molar-refractivity contribution in [3.8, 4) is 0 Å². The van der Waals surface area contributed by atoms with Crippen molar-refractivity contribution >= 4 is 10.0 Å². The number of sulfonamides is 1. The van der Waals surface area contributed by atoms with Crippen LogP contribution in [0, 0.1) is 11.6 Å². The Morgan fingerprint density at radius 1 is 1.25 bits per heavy atom. The van der Waals surface area contributed by atoms with Crippen molar-refractivity contribution in [3.63, 3.8) is 0 Å². The first-order valence-corrected chi connectivity index (χ1v) is 7.87. The van der Waals surface area contributed by atoms with E-state index in [0.29, 0.717) is 19.2 Å². The van der Waals surface area contributed by atoms with Crippen molar-refractivity contribution in [2.75, 3.05) is 27.2 Å². The van der Waals surface area contributed by atoms with E-state index in [4.69, 9.17) is 0 Å². The van der Waals surface area contributed by atoms with Crippen molar-refractivity contribution in [3.05, 3.63) is 29.8 Å². The minimum atomic E-state index is -3.85. The lowest BCUT2D eigenvalue weighted by molar-refractivity contribution is 0.291. The molecule has 0 amide bonds. The fraction of sp³-hybridized carbons (Fsp3) is 0.538. The molecule has 1 fully saturated rings. The molecule has 0 N–H and O–H groups in total. The minimum Gasteiger partial charge on any atom is -0.308 e. The SMILES string of the molecule is CN(C)C[C@@H]1CCCN1S(=O)(=O)c1cc(F)cc(F)c1. The van der Waals surface area contributed by atoms with Gasteiger partial charge in [0.1, 0.15) is 11.6 Å². The van der Waals surface area contributed by atoms with Crippen LogP contribution in [0.1, 0.15) is 12.8 Å². The van der Waals surface area contributed by atoms with Crippen LogP contribution >= 0.6 is 0 Å². The molecule has 1 saturated heterocycles. The summed E-state index contributed by atoms with van der Waals surface area (Å²) >= 11 is 0. The highest BCUT2D eigenvalue weighted by molar-refractivity contribution is 7.89. The molecule has 1 aromatic carbocycles. The molecule has 1 aromatic rings. The zero-order valence-electron chi connectivity index (χ0n) is 11.5. The van der Waals surface area contributed by atoms with Crippen LogP contribution in [0.3, 0.4) is 0 Å². The molecule has 7 heteroatoms. The van der Waals surface area contributed by atoms with Gasteiger partial charge in [0.25, 0.3) is 0 Å². The number of benzene rings is 1. The van der Waals surface area contributed by atoms with Gasteiger partial charge in [-0.05, 0) is 39.1 Å². The van der Waals surface area contributed by atoms with Crippen molar-refractivity contribution in [1.82, 2.24) is 9.21 Å². The monoisotopic (exact) mass is 304 g/mol. The van der Waals surface area contributed by atoms with Gasteiger partial charge in [0, 0.05) is 25.2 Å². The normalized spacial score (nSPS) is 20.8. The maximum absolute atomic E-state index is 13.2. The molecule has 0 bridgehead atoms. The molecule has 4 nitrogen and oxygen atoms in total. The summed E-state index contributed by atoms with van der Waals surface area (Å²) in [7, 11) is -0.120. The van der Waals surface area contributed by atoms with E-state index < -0.39 is 21.7 Å². The lowest BCUT2D eigenvalue weighted by atomic mass is 10.2. The highest BCUT2D eigenvalue weighted by Crippen LogP contribution is 2.27. The molecule has 0 spiro atoms. The molecule has 0 aliphatic carbocycles. The topological polar surface area (TPSA) is 40.6 Å². The van der Waals surface area contributed by atoms with E-state index in [0.717, 1.165) is 25.0 Å². The van der Waals surface area contributed by atoms with Crippen LogP contribution in [0.25, 0.3) is 0 Å². The number of rotatable bonds is 4. The Bertz CT molecular complexity index is 570. The van der Waals surface area contributed by atoms with E-state index in [1.807, 2.05) is 19.0 Å². The van der Waals surface area contributed by atoms with Crippen LogP contribution in [-0.4, -0.2) is 50.8 Å². The Balaban J connectivity index is 2.33. The van der Waals surface area contributed by atoms with Gasteiger partial charge in [0.15, 0.2) is 0 Å². The average molecular weight is 304 g/mol. The zero-order chi connectivity index (χ0) is 14.9. The van der Waals surface area contributed by atoms with E-state index in [1.165, 1.54) is 4.31 Å². The maximum atomic E-state index is 13.2. The summed E-state index contributed by atoms with van der Waals surface area (Å²) in [5.74, 6) is -1.76. The summed E-state index contributed by atoms with van der Waals surface area (Å²) in [5, 5.41) is 0. The molecule has 1 aliphatic rings. The molecule has 0 saturated carbocycles. The van der Waals surface area contributed by atoms with E-state index >= 15 is 0 Å². The number of nitrogens with zero attached hydrogens (tertiary/aromatic N) is 2. The first-order chi connectivity index (χ1) is 9.30. The van der Waals surface area contributed by atoms with Gasteiger partial charge in [-0.25, -0.2) is 17.2 Å². The fourth-order valence-electron chi connectivity index (χ4n) is 2.54. The fourth-order valence-corrected chi connectivity index (χ4v) is 4.27. The third kappa shape index (κ3) is 3.16. The maximum Gasteiger partial charge on any atom is 0.243 e. The summed E-state index contributed by atoms with van der Waals surface area (Å²) in [6.45, 7) is 0.982. The van der Waals surface area contributed by atoms with Gasteiger partial charge >= 0.3 is 0 Å². The summed E-state index contributed by atoms with van der Waals surface area (Å²) in [4.78, 5) is 1.59. The smallest absolute Gasteiger partial charge is 0.243 e. The van der Waals surface area contributed by atoms with Crippen LogP contribution in [-0.2, 0) is 10.0 Å². The molecular weight excluding hydrogens is 286 g/mol. The summed E-state index contributed by atoms with van der Waals surface area (Å²) in [6.07, 6.45) is 1.52. The first-order valence-electron chi connectivity index (χ1n) is 6.43. The van der Waals surface area contributed by atoms with Crippen molar-refractivity contribution in [1.29, 1.82) is 0 Å². The van der Waals surface area contributed by atoms with Crippen LogP contribution in [0.2, 0.25) is 0 Å². The summed E-state index contributed by atoms with van der Waals surface area (Å²) < 4.78 is 52.8. The molecule has 0 aromatic heterocycles. The van der Waals surface area contributed by atoms with Gasteiger partial charge in [0.05, 0.1) is 4.90 Å². The Kier molecular flexibility index (Phi) is 4.41.